The molecule has 0 unspecified atom stereocenters. The number of fused-ring (bicyclic) bond motifs is 8. The highest BCUT2D eigenvalue weighted by molar-refractivity contribution is 5.95. The van der Waals surface area contributed by atoms with Gasteiger partial charge in [-0.05, 0) is 93.6 Å². The van der Waals surface area contributed by atoms with Gasteiger partial charge in [-0.2, -0.15) is 4.99 Å². The Bertz CT molecular complexity index is 1360. The number of ketones is 1. The Morgan fingerprint density at radius 1 is 1.07 bits per heavy atom. The average molecular weight is 550 g/mol. The summed E-state index contributed by atoms with van der Waals surface area (Å²) in [6.45, 7) is 13.9. The average Bonchev–Trinajstić information content (AvgIpc) is 3.35. The first kappa shape index (κ1) is 27.6. The summed E-state index contributed by atoms with van der Waals surface area (Å²) in [5, 5.41) is 7.72. The third-order valence-electron chi connectivity index (χ3n) is 13.3. The molecule has 8 atom stereocenters. The fourth-order valence-electron chi connectivity index (χ4n) is 10.9. The molecule has 0 amide bonds. The van der Waals surface area contributed by atoms with Crippen LogP contribution in [0.15, 0.2) is 27.4 Å². The Morgan fingerprint density at radius 2 is 1.80 bits per heavy atom. The molecule has 1 heterocycles. The maximum absolute atomic E-state index is 14.6. The van der Waals surface area contributed by atoms with E-state index in [9.17, 15) is 14.4 Å². The van der Waals surface area contributed by atoms with Crippen molar-refractivity contribution in [3.63, 3.8) is 0 Å². The Hall–Kier alpha value is -2.57. The third kappa shape index (κ3) is 2.99. The van der Waals surface area contributed by atoms with E-state index in [0.29, 0.717) is 18.7 Å². The summed E-state index contributed by atoms with van der Waals surface area (Å²) in [5.41, 5.74) is -1.38. The van der Waals surface area contributed by atoms with Gasteiger partial charge in [-0.25, -0.2) is 4.79 Å². The number of allylic oxidation sites excluding steroid dienone is 1. The van der Waals surface area contributed by atoms with E-state index in [1.807, 2.05) is 26.1 Å². The number of hydrogen-bond donors (Lipinski definition) is 1. The summed E-state index contributed by atoms with van der Waals surface area (Å²) in [5.74, 6) is 0.498. The minimum Gasteiger partial charge on any atom is -0.451 e. The van der Waals surface area contributed by atoms with E-state index in [0.717, 1.165) is 56.1 Å². The fraction of sp³-hybridized carbons (Fsp3) is 0.750. The predicted molar refractivity (Wildman–Crippen MR) is 148 cm³/mol. The molecular formula is C32H43N3O5. The van der Waals surface area contributed by atoms with Gasteiger partial charge in [0, 0.05) is 16.9 Å². The van der Waals surface area contributed by atoms with Crippen LogP contribution in [-0.2, 0) is 31.1 Å². The zero-order valence-corrected chi connectivity index (χ0v) is 25.0. The Balaban J connectivity index is 1.56. The Kier molecular flexibility index (Phi) is 5.69. The van der Waals surface area contributed by atoms with E-state index in [-0.39, 0.29) is 33.9 Å². The molecule has 5 aliphatic carbocycles. The van der Waals surface area contributed by atoms with Crippen LogP contribution in [0, 0.1) is 33.5 Å². The number of likely N-dealkylation sites (N-methyl/N-ethyl adjacent to an activating group) is 1. The molecular weight excluding hydrogens is 506 g/mol. The van der Waals surface area contributed by atoms with Crippen LogP contribution in [0.25, 0.3) is 0 Å². The van der Waals surface area contributed by atoms with E-state index in [2.05, 4.69) is 50.1 Å². The summed E-state index contributed by atoms with van der Waals surface area (Å²) in [6.07, 6.45) is 12.0. The van der Waals surface area contributed by atoms with Crippen molar-refractivity contribution in [1.29, 1.82) is 0 Å². The van der Waals surface area contributed by atoms with Crippen LogP contribution in [0.1, 0.15) is 97.8 Å². The Morgan fingerprint density at radius 3 is 2.48 bits per heavy atom. The molecule has 40 heavy (non-hydrogen) atoms. The van der Waals surface area contributed by atoms with Gasteiger partial charge >= 0.3 is 0 Å². The van der Waals surface area contributed by atoms with Gasteiger partial charge in [-0.1, -0.05) is 45.3 Å². The summed E-state index contributed by atoms with van der Waals surface area (Å²) in [4.78, 5) is 42.7. The molecule has 0 spiro atoms. The second-order valence-electron chi connectivity index (χ2n) is 15.1. The molecule has 0 radical (unpaired) electrons. The van der Waals surface area contributed by atoms with Gasteiger partial charge in [0.15, 0.2) is 17.1 Å². The van der Waals surface area contributed by atoms with Crippen LogP contribution < -0.4 is 5.32 Å². The number of nitrogens with one attached hydrogen (secondary N) is 1. The van der Waals surface area contributed by atoms with Crippen LogP contribution in [-0.4, -0.2) is 41.6 Å². The molecule has 8 heteroatoms. The quantitative estimate of drug-likeness (QED) is 0.312. The molecule has 0 aromatic carbocycles. The molecule has 1 N–H and O–H groups in total. The van der Waals surface area contributed by atoms with Crippen molar-refractivity contribution in [1.82, 2.24) is 10.5 Å². The zero-order chi connectivity index (χ0) is 29.0. The molecule has 0 saturated heterocycles. The fourth-order valence-corrected chi connectivity index (χ4v) is 10.9. The van der Waals surface area contributed by atoms with Crippen LogP contribution in [0.2, 0.25) is 0 Å². The van der Waals surface area contributed by atoms with Gasteiger partial charge in [-0.15, -0.1) is 0 Å². The summed E-state index contributed by atoms with van der Waals surface area (Å²) < 4.78 is 11.7. The number of hydrogen-bond acceptors (Lipinski definition) is 8. The Labute approximate surface area is 236 Å². The minimum atomic E-state index is -1.11. The lowest BCUT2D eigenvalue weighted by Crippen LogP contribution is -2.76. The highest BCUT2D eigenvalue weighted by Gasteiger charge is 2.75. The monoisotopic (exact) mass is 549 g/mol. The van der Waals surface area contributed by atoms with Crippen molar-refractivity contribution in [3.05, 3.63) is 29.2 Å². The van der Waals surface area contributed by atoms with Crippen molar-refractivity contribution < 1.29 is 23.6 Å². The molecule has 3 fully saturated rings. The maximum atomic E-state index is 14.6. The van der Waals surface area contributed by atoms with Crippen LogP contribution >= 0.6 is 0 Å². The predicted octanol–water partition coefficient (Wildman–Crippen LogP) is 5.21. The molecule has 0 bridgehead atoms. The summed E-state index contributed by atoms with van der Waals surface area (Å²) in [6, 6.07) is 0. The van der Waals surface area contributed by atoms with Gasteiger partial charge in [-0.3, -0.25) is 9.59 Å². The summed E-state index contributed by atoms with van der Waals surface area (Å²) >= 11 is 0. The number of carbonyl (C=O) groups excluding carboxylic acids is 3. The van der Waals surface area contributed by atoms with Crippen molar-refractivity contribution in [2.24, 2.45) is 38.5 Å². The van der Waals surface area contributed by atoms with Crippen molar-refractivity contribution in [2.75, 3.05) is 7.05 Å². The standard InChI is InChI=1S/C32H43N3O5/c1-26(2)8-11-31(34-18-36)12-9-28(4)24(21(31)16-26)22(38)14-23-27(28,3)10-13-32(33-7)29(23,5)15-20-17-35-40-25(20)30(32,6)39-19-37/h14,17,19,21,24,33H,8-13,15-16H2,1-7H3/t21-,24-,27+,28+,29+,30+,31-,32-/m0/s1. The first-order valence-electron chi connectivity index (χ1n) is 14.8. The van der Waals surface area contributed by atoms with E-state index in [1.54, 1.807) is 6.20 Å². The number of ether oxygens (including phenoxy) is 1. The lowest BCUT2D eigenvalue weighted by atomic mass is 9.34. The number of nitrogens with zero attached hydrogens (tertiary/aromatic N) is 2. The molecule has 3 saturated carbocycles. The van der Waals surface area contributed by atoms with Crippen molar-refractivity contribution >= 4 is 18.3 Å². The van der Waals surface area contributed by atoms with E-state index >= 15 is 0 Å². The largest absolute Gasteiger partial charge is 0.451 e. The number of aromatic nitrogens is 1. The molecule has 1 aromatic rings. The second kappa shape index (κ2) is 8.25. The van der Waals surface area contributed by atoms with Crippen LogP contribution in [0.4, 0.5) is 0 Å². The summed E-state index contributed by atoms with van der Waals surface area (Å²) in [7, 11) is 1.92. The van der Waals surface area contributed by atoms with Gasteiger partial charge in [0.2, 0.25) is 6.08 Å². The zero-order valence-electron chi connectivity index (χ0n) is 25.0. The second-order valence-corrected chi connectivity index (χ2v) is 15.1. The number of isocyanates is 1. The van der Waals surface area contributed by atoms with E-state index in [4.69, 9.17) is 9.26 Å². The van der Waals surface area contributed by atoms with Crippen molar-refractivity contribution in [3.8, 4) is 0 Å². The molecule has 8 nitrogen and oxygen atoms in total. The van der Waals surface area contributed by atoms with Crippen LogP contribution in [0.5, 0.6) is 0 Å². The molecule has 5 aliphatic rings. The lowest BCUT2D eigenvalue weighted by molar-refractivity contribution is -0.194. The SMILES string of the molecule is CN[C@@]12CC[C@]3(C)C(=CC(=O)[C@@H]4[C@@H]5CC(C)(C)CC[C@]5(N=C=O)CC[C@]43C)[C@@]1(C)Cc1cnoc1[C@@]2(C)OC=O. The third-order valence-corrected chi connectivity index (χ3v) is 13.3. The molecule has 1 aromatic heterocycles. The normalized spacial score (nSPS) is 46.8. The molecule has 6 rings (SSSR count). The first-order chi connectivity index (χ1) is 18.7. The van der Waals surface area contributed by atoms with E-state index < -0.39 is 22.1 Å². The van der Waals surface area contributed by atoms with Crippen molar-refractivity contribution in [2.45, 2.75) is 110 Å². The van der Waals surface area contributed by atoms with E-state index in [1.165, 1.54) is 0 Å². The smallest absolute Gasteiger partial charge is 0.294 e. The van der Waals surface area contributed by atoms with Gasteiger partial charge in [0.25, 0.3) is 6.47 Å². The maximum Gasteiger partial charge on any atom is 0.294 e. The first-order valence-corrected chi connectivity index (χ1v) is 14.8. The topological polar surface area (TPSA) is 111 Å². The van der Waals surface area contributed by atoms with Gasteiger partial charge in [0.05, 0.1) is 17.3 Å². The number of rotatable bonds is 4. The molecule has 216 valence electrons. The van der Waals surface area contributed by atoms with Gasteiger partial charge < -0.3 is 14.6 Å². The number of aliphatic imine (C=N–C) groups is 1. The minimum absolute atomic E-state index is 0.00191. The highest BCUT2D eigenvalue weighted by Crippen LogP contribution is 2.74. The highest BCUT2D eigenvalue weighted by atomic mass is 16.6. The number of carbonyl (C=O) groups is 2. The molecule has 0 aliphatic heterocycles. The van der Waals surface area contributed by atoms with Gasteiger partial charge in [0.1, 0.15) is 0 Å². The lowest BCUT2D eigenvalue weighted by Gasteiger charge is -2.71. The van der Waals surface area contributed by atoms with Crippen LogP contribution in [0.3, 0.4) is 0 Å².